The minimum absolute atomic E-state index is 0.0368. The number of halogens is 1. The highest BCUT2D eigenvalue weighted by Crippen LogP contribution is 2.16. The van der Waals surface area contributed by atoms with Crippen LogP contribution in [0.25, 0.3) is 0 Å². The Morgan fingerprint density at radius 2 is 2.39 bits per heavy atom. The van der Waals surface area contributed by atoms with Gasteiger partial charge in [0, 0.05) is 6.54 Å². The van der Waals surface area contributed by atoms with Gasteiger partial charge in [0.05, 0.1) is 12.0 Å². The monoisotopic (exact) mass is 250 g/mol. The second kappa shape index (κ2) is 5.96. The van der Waals surface area contributed by atoms with Crippen LogP contribution < -0.4 is 10.6 Å². The summed E-state index contributed by atoms with van der Waals surface area (Å²) in [5.74, 6) is -0.179. The molecule has 2 rings (SSSR count). The molecule has 2 N–H and O–H groups in total. The molecular formula is C14H19FN2O. The molecular weight excluding hydrogens is 231 g/mol. The van der Waals surface area contributed by atoms with E-state index in [-0.39, 0.29) is 23.7 Å². The average Bonchev–Trinajstić information content (AvgIpc) is 2.39. The van der Waals surface area contributed by atoms with E-state index in [0.717, 1.165) is 31.5 Å². The maximum absolute atomic E-state index is 13.1. The maximum atomic E-state index is 13.1. The predicted molar refractivity (Wildman–Crippen MR) is 68.6 cm³/mol. The van der Waals surface area contributed by atoms with Crippen molar-refractivity contribution in [1.82, 2.24) is 10.6 Å². The Kier molecular flexibility index (Phi) is 4.31. The van der Waals surface area contributed by atoms with Crippen LogP contribution in [-0.2, 0) is 4.79 Å². The lowest BCUT2D eigenvalue weighted by atomic mass is 9.98. The van der Waals surface area contributed by atoms with Gasteiger partial charge >= 0.3 is 0 Å². The zero-order valence-corrected chi connectivity index (χ0v) is 10.6. The van der Waals surface area contributed by atoms with Gasteiger partial charge < -0.3 is 10.6 Å². The van der Waals surface area contributed by atoms with Crippen molar-refractivity contribution in [1.29, 1.82) is 0 Å². The SMILES string of the molecule is CC(NC(=O)[C@@H]1CCCNC1)c1cccc(F)c1. The molecule has 1 aromatic rings. The first-order valence-electron chi connectivity index (χ1n) is 6.43. The zero-order valence-electron chi connectivity index (χ0n) is 10.6. The highest BCUT2D eigenvalue weighted by Gasteiger charge is 2.22. The summed E-state index contributed by atoms with van der Waals surface area (Å²) in [5, 5.41) is 6.16. The summed E-state index contributed by atoms with van der Waals surface area (Å²) in [5.41, 5.74) is 0.798. The van der Waals surface area contributed by atoms with Crippen molar-refractivity contribution in [2.75, 3.05) is 13.1 Å². The van der Waals surface area contributed by atoms with Crippen molar-refractivity contribution >= 4 is 5.91 Å². The smallest absolute Gasteiger partial charge is 0.224 e. The van der Waals surface area contributed by atoms with E-state index in [0.29, 0.717) is 0 Å². The second-order valence-corrected chi connectivity index (χ2v) is 4.83. The summed E-state index contributed by atoms with van der Waals surface area (Å²) < 4.78 is 13.1. The molecule has 0 aromatic heterocycles. The van der Waals surface area contributed by atoms with E-state index >= 15 is 0 Å². The Bertz CT molecular complexity index is 416. The van der Waals surface area contributed by atoms with Crippen LogP contribution in [0.15, 0.2) is 24.3 Å². The summed E-state index contributed by atoms with van der Waals surface area (Å²) in [6, 6.07) is 6.20. The van der Waals surface area contributed by atoms with Crippen LogP contribution in [-0.4, -0.2) is 19.0 Å². The summed E-state index contributed by atoms with van der Waals surface area (Å²) in [4.78, 5) is 12.0. The number of carbonyl (C=O) groups excluding carboxylic acids is 1. The van der Waals surface area contributed by atoms with Crippen LogP contribution in [0.3, 0.4) is 0 Å². The Balaban J connectivity index is 1.94. The number of hydrogen-bond acceptors (Lipinski definition) is 2. The highest BCUT2D eigenvalue weighted by molar-refractivity contribution is 5.79. The lowest BCUT2D eigenvalue weighted by molar-refractivity contribution is -0.126. The van der Waals surface area contributed by atoms with Gasteiger partial charge in [-0.1, -0.05) is 12.1 Å². The van der Waals surface area contributed by atoms with Gasteiger partial charge in [-0.05, 0) is 44.0 Å². The maximum Gasteiger partial charge on any atom is 0.224 e. The molecule has 0 spiro atoms. The van der Waals surface area contributed by atoms with Crippen molar-refractivity contribution in [3.05, 3.63) is 35.6 Å². The number of carbonyl (C=O) groups is 1. The van der Waals surface area contributed by atoms with E-state index in [1.54, 1.807) is 6.07 Å². The number of rotatable bonds is 3. The summed E-state index contributed by atoms with van der Waals surface area (Å²) in [6.07, 6.45) is 1.96. The van der Waals surface area contributed by atoms with Crippen LogP contribution in [0, 0.1) is 11.7 Å². The number of piperidine rings is 1. The molecule has 1 saturated heterocycles. The minimum atomic E-state index is -0.270. The Morgan fingerprint density at radius 1 is 1.56 bits per heavy atom. The topological polar surface area (TPSA) is 41.1 Å². The zero-order chi connectivity index (χ0) is 13.0. The van der Waals surface area contributed by atoms with Gasteiger partial charge in [-0.3, -0.25) is 4.79 Å². The molecule has 0 saturated carbocycles. The standard InChI is InChI=1S/C14H19FN2O/c1-10(11-4-2-6-13(15)8-11)17-14(18)12-5-3-7-16-9-12/h2,4,6,8,10,12,16H,3,5,7,9H2,1H3,(H,17,18)/t10?,12-/m1/s1. The predicted octanol–water partition coefficient (Wildman–Crippen LogP) is 2.00. The van der Waals surface area contributed by atoms with Gasteiger partial charge in [0.1, 0.15) is 5.82 Å². The average molecular weight is 250 g/mol. The number of nitrogens with one attached hydrogen (secondary N) is 2. The third-order valence-electron chi connectivity index (χ3n) is 3.38. The molecule has 1 unspecified atom stereocenters. The third-order valence-corrected chi connectivity index (χ3v) is 3.38. The molecule has 2 atom stereocenters. The van der Waals surface area contributed by atoms with Crippen molar-refractivity contribution in [3.63, 3.8) is 0 Å². The first-order chi connectivity index (χ1) is 8.66. The molecule has 98 valence electrons. The lowest BCUT2D eigenvalue weighted by Crippen LogP contribution is -2.41. The molecule has 0 aliphatic carbocycles. The Hall–Kier alpha value is -1.42. The first-order valence-corrected chi connectivity index (χ1v) is 6.43. The first kappa shape index (κ1) is 13.0. The van der Waals surface area contributed by atoms with Crippen molar-refractivity contribution in [3.8, 4) is 0 Å². The molecule has 1 aliphatic rings. The van der Waals surface area contributed by atoms with Crippen molar-refractivity contribution in [2.45, 2.75) is 25.8 Å². The quantitative estimate of drug-likeness (QED) is 0.861. The van der Waals surface area contributed by atoms with Crippen LogP contribution in [0.2, 0.25) is 0 Å². The Labute approximate surface area is 107 Å². The summed E-state index contributed by atoms with van der Waals surface area (Å²) in [7, 11) is 0. The number of hydrogen-bond donors (Lipinski definition) is 2. The van der Waals surface area contributed by atoms with Crippen molar-refractivity contribution in [2.24, 2.45) is 5.92 Å². The van der Waals surface area contributed by atoms with Crippen LogP contribution >= 0.6 is 0 Å². The fourth-order valence-corrected chi connectivity index (χ4v) is 2.27. The third kappa shape index (κ3) is 3.29. The molecule has 1 aliphatic heterocycles. The van der Waals surface area contributed by atoms with E-state index in [1.165, 1.54) is 12.1 Å². The van der Waals surface area contributed by atoms with E-state index in [2.05, 4.69) is 10.6 Å². The molecule has 1 heterocycles. The lowest BCUT2D eigenvalue weighted by Gasteiger charge is -2.24. The van der Waals surface area contributed by atoms with Crippen molar-refractivity contribution < 1.29 is 9.18 Å². The minimum Gasteiger partial charge on any atom is -0.349 e. The van der Waals surface area contributed by atoms with Gasteiger partial charge in [0.2, 0.25) is 5.91 Å². The summed E-state index contributed by atoms with van der Waals surface area (Å²) >= 11 is 0. The van der Waals surface area contributed by atoms with E-state index in [9.17, 15) is 9.18 Å². The van der Waals surface area contributed by atoms with Crippen LogP contribution in [0.1, 0.15) is 31.4 Å². The normalized spacial score (nSPS) is 21.3. The summed E-state index contributed by atoms with van der Waals surface area (Å²) in [6.45, 7) is 3.61. The Morgan fingerprint density at radius 3 is 3.06 bits per heavy atom. The molecule has 1 amide bonds. The van der Waals surface area contributed by atoms with Crippen LogP contribution in [0.5, 0.6) is 0 Å². The highest BCUT2D eigenvalue weighted by atomic mass is 19.1. The van der Waals surface area contributed by atoms with Gasteiger partial charge in [-0.15, -0.1) is 0 Å². The molecule has 0 radical (unpaired) electrons. The molecule has 4 heteroatoms. The number of amides is 1. The molecule has 0 bridgehead atoms. The van der Waals surface area contributed by atoms with E-state index < -0.39 is 0 Å². The molecule has 1 fully saturated rings. The van der Waals surface area contributed by atoms with E-state index in [1.807, 2.05) is 13.0 Å². The van der Waals surface area contributed by atoms with E-state index in [4.69, 9.17) is 0 Å². The fraction of sp³-hybridized carbons (Fsp3) is 0.500. The molecule has 18 heavy (non-hydrogen) atoms. The van der Waals surface area contributed by atoms with Crippen LogP contribution in [0.4, 0.5) is 4.39 Å². The van der Waals surface area contributed by atoms with Gasteiger partial charge in [-0.2, -0.15) is 0 Å². The van der Waals surface area contributed by atoms with Gasteiger partial charge in [0.15, 0.2) is 0 Å². The molecule has 1 aromatic carbocycles. The second-order valence-electron chi connectivity index (χ2n) is 4.83. The fourth-order valence-electron chi connectivity index (χ4n) is 2.27. The number of benzene rings is 1. The van der Waals surface area contributed by atoms with Gasteiger partial charge in [0.25, 0.3) is 0 Å². The van der Waals surface area contributed by atoms with Gasteiger partial charge in [-0.25, -0.2) is 4.39 Å². The molecule has 3 nitrogen and oxygen atoms in total. The largest absolute Gasteiger partial charge is 0.349 e.